The highest BCUT2D eigenvalue weighted by Crippen LogP contribution is 2.20. The molecule has 9 heteroatoms. The standard InChI is InChI=1S/C10H16ClN5O2S/c1-2-12-9-14-8(11)15-10(16-9)13-6-7-4-3-5-19(7,17)18/h7H,2-6H2,1H3,(H2,12,13,14,15,16). The van der Waals surface area contributed by atoms with Crippen molar-refractivity contribution in [3.8, 4) is 0 Å². The molecule has 1 fully saturated rings. The molecule has 2 heterocycles. The van der Waals surface area contributed by atoms with E-state index in [-0.39, 0.29) is 22.2 Å². The summed E-state index contributed by atoms with van der Waals surface area (Å²) in [6.07, 6.45) is 1.39. The molecule has 0 bridgehead atoms. The molecule has 0 saturated carbocycles. The highest BCUT2D eigenvalue weighted by molar-refractivity contribution is 7.92. The number of nitrogens with one attached hydrogen (secondary N) is 2. The van der Waals surface area contributed by atoms with Crippen LogP contribution in [0.15, 0.2) is 0 Å². The number of hydrogen-bond acceptors (Lipinski definition) is 7. The van der Waals surface area contributed by atoms with Crippen molar-refractivity contribution >= 4 is 33.3 Å². The van der Waals surface area contributed by atoms with Crippen LogP contribution in [-0.2, 0) is 9.84 Å². The SMILES string of the molecule is CCNc1nc(Cl)nc(NCC2CCCS2(=O)=O)n1. The van der Waals surface area contributed by atoms with Gasteiger partial charge in [-0.2, -0.15) is 15.0 Å². The molecular weight excluding hydrogens is 290 g/mol. The number of aromatic nitrogens is 3. The monoisotopic (exact) mass is 305 g/mol. The number of halogens is 1. The third-order valence-corrected chi connectivity index (χ3v) is 5.34. The minimum Gasteiger partial charge on any atom is -0.354 e. The fourth-order valence-corrected chi connectivity index (χ4v) is 3.88. The Balaban J connectivity index is 2.03. The zero-order valence-corrected chi connectivity index (χ0v) is 12.1. The molecule has 1 atom stereocenters. The predicted octanol–water partition coefficient (Wildman–Crippen LogP) is 0.946. The lowest BCUT2D eigenvalue weighted by atomic mass is 10.2. The normalized spacial score (nSPS) is 21.3. The first-order valence-corrected chi connectivity index (χ1v) is 8.21. The Kier molecular flexibility index (Phi) is 4.41. The third kappa shape index (κ3) is 3.66. The van der Waals surface area contributed by atoms with Gasteiger partial charge in [0, 0.05) is 13.1 Å². The van der Waals surface area contributed by atoms with Crippen LogP contribution in [0.25, 0.3) is 0 Å². The molecule has 0 aliphatic carbocycles. The van der Waals surface area contributed by atoms with Crippen molar-refractivity contribution < 1.29 is 8.42 Å². The van der Waals surface area contributed by atoms with Crippen molar-refractivity contribution in [1.29, 1.82) is 0 Å². The van der Waals surface area contributed by atoms with Gasteiger partial charge in [-0.15, -0.1) is 0 Å². The summed E-state index contributed by atoms with van der Waals surface area (Å²) in [6.45, 7) is 2.88. The molecule has 1 aliphatic heterocycles. The Labute approximate surface area is 117 Å². The van der Waals surface area contributed by atoms with Gasteiger partial charge in [0.2, 0.25) is 17.2 Å². The highest BCUT2D eigenvalue weighted by atomic mass is 35.5. The lowest BCUT2D eigenvalue weighted by Crippen LogP contribution is -2.26. The fraction of sp³-hybridized carbons (Fsp3) is 0.700. The Hall–Kier alpha value is -1.15. The molecule has 1 aromatic rings. The second kappa shape index (κ2) is 5.87. The van der Waals surface area contributed by atoms with Crippen molar-refractivity contribution in [3.63, 3.8) is 0 Å². The van der Waals surface area contributed by atoms with Crippen molar-refractivity contribution in [2.24, 2.45) is 0 Å². The van der Waals surface area contributed by atoms with Gasteiger partial charge in [0.15, 0.2) is 9.84 Å². The van der Waals surface area contributed by atoms with Crippen molar-refractivity contribution in [3.05, 3.63) is 5.28 Å². The summed E-state index contributed by atoms with van der Waals surface area (Å²) in [5.41, 5.74) is 0. The molecule has 0 amide bonds. The first kappa shape index (κ1) is 14.3. The van der Waals surface area contributed by atoms with E-state index >= 15 is 0 Å². The van der Waals surface area contributed by atoms with E-state index in [1.807, 2.05) is 6.92 Å². The van der Waals surface area contributed by atoms with Crippen molar-refractivity contribution in [2.45, 2.75) is 25.0 Å². The van der Waals surface area contributed by atoms with Gasteiger partial charge >= 0.3 is 0 Å². The highest BCUT2D eigenvalue weighted by Gasteiger charge is 2.31. The Morgan fingerprint density at radius 2 is 1.95 bits per heavy atom. The van der Waals surface area contributed by atoms with Crippen LogP contribution in [0.1, 0.15) is 19.8 Å². The average molecular weight is 306 g/mol. The Morgan fingerprint density at radius 1 is 1.26 bits per heavy atom. The van der Waals surface area contributed by atoms with E-state index < -0.39 is 9.84 Å². The van der Waals surface area contributed by atoms with E-state index in [1.165, 1.54) is 0 Å². The Bertz CT molecular complexity index is 551. The lowest BCUT2D eigenvalue weighted by Gasteiger charge is -2.11. The summed E-state index contributed by atoms with van der Waals surface area (Å²) in [7, 11) is -2.97. The van der Waals surface area contributed by atoms with Gasteiger partial charge in [-0.3, -0.25) is 0 Å². The molecule has 7 nitrogen and oxygen atoms in total. The molecule has 0 aromatic carbocycles. The topological polar surface area (TPSA) is 96.9 Å². The van der Waals surface area contributed by atoms with E-state index in [0.29, 0.717) is 25.5 Å². The minimum atomic E-state index is -2.97. The van der Waals surface area contributed by atoms with Crippen LogP contribution in [-0.4, -0.2) is 47.5 Å². The first-order valence-electron chi connectivity index (χ1n) is 6.12. The summed E-state index contributed by atoms with van der Waals surface area (Å²) >= 11 is 5.78. The summed E-state index contributed by atoms with van der Waals surface area (Å²) in [5.74, 6) is 0.928. The number of rotatable bonds is 5. The summed E-state index contributed by atoms with van der Waals surface area (Å²) in [4.78, 5) is 11.9. The van der Waals surface area contributed by atoms with E-state index in [2.05, 4.69) is 25.6 Å². The Morgan fingerprint density at radius 3 is 2.53 bits per heavy atom. The van der Waals surface area contributed by atoms with Crippen molar-refractivity contribution in [1.82, 2.24) is 15.0 Å². The zero-order chi connectivity index (χ0) is 13.9. The van der Waals surface area contributed by atoms with Gasteiger partial charge in [0.1, 0.15) is 0 Å². The smallest absolute Gasteiger partial charge is 0.228 e. The second-order valence-electron chi connectivity index (χ2n) is 4.29. The summed E-state index contributed by atoms with van der Waals surface area (Å²) < 4.78 is 23.4. The number of sulfone groups is 1. The van der Waals surface area contributed by atoms with Crippen LogP contribution in [0.2, 0.25) is 5.28 Å². The molecule has 106 valence electrons. The summed E-state index contributed by atoms with van der Waals surface area (Å²) in [5, 5.41) is 5.55. The van der Waals surface area contributed by atoms with E-state index in [4.69, 9.17) is 11.6 Å². The second-order valence-corrected chi connectivity index (χ2v) is 7.03. The largest absolute Gasteiger partial charge is 0.354 e. The third-order valence-electron chi connectivity index (χ3n) is 2.89. The van der Waals surface area contributed by atoms with Crippen LogP contribution in [0.4, 0.5) is 11.9 Å². The first-order chi connectivity index (χ1) is 9.01. The molecule has 2 N–H and O–H groups in total. The lowest BCUT2D eigenvalue weighted by molar-refractivity contribution is 0.591. The average Bonchev–Trinajstić information content (AvgIpc) is 2.65. The van der Waals surface area contributed by atoms with Crippen LogP contribution < -0.4 is 10.6 Å². The predicted molar refractivity (Wildman–Crippen MR) is 74.3 cm³/mol. The molecule has 0 radical (unpaired) electrons. The van der Waals surface area contributed by atoms with Gasteiger partial charge < -0.3 is 10.6 Å². The van der Waals surface area contributed by atoms with Crippen molar-refractivity contribution in [2.75, 3.05) is 29.5 Å². The van der Waals surface area contributed by atoms with Crippen LogP contribution in [0.5, 0.6) is 0 Å². The molecule has 0 spiro atoms. The van der Waals surface area contributed by atoms with E-state index in [1.54, 1.807) is 0 Å². The van der Waals surface area contributed by atoms with Gasteiger partial charge in [-0.05, 0) is 31.4 Å². The van der Waals surface area contributed by atoms with Crippen LogP contribution >= 0.6 is 11.6 Å². The van der Waals surface area contributed by atoms with Crippen LogP contribution in [0, 0.1) is 0 Å². The van der Waals surface area contributed by atoms with Gasteiger partial charge in [0.25, 0.3) is 0 Å². The maximum atomic E-state index is 11.7. The molecular formula is C10H16ClN5O2S. The molecule has 19 heavy (non-hydrogen) atoms. The fourth-order valence-electron chi connectivity index (χ4n) is 1.96. The summed E-state index contributed by atoms with van der Waals surface area (Å²) in [6, 6.07) is 0. The molecule has 2 rings (SSSR count). The molecule has 1 unspecified atom stereocenters. The van der Waals surface area contributed by atoms with E-state index in [9.17, 15) is 8.42 Å². The minimum absolute atomic E-state index is 0.0720. The van der Waals surface area contributed by atoms with E-state index in [0.717, 1.165) is 6.42 Å². The zero-order valence-electron chi connectivity index (χ0n) is 10.6. The van der Waals surface area contributed by atoms with Gasteiger partial charge in [-0.25, -0.2) is 8.42 Å². The maximum Gasteiger partial charge on any atom is 0.228 e. The number of nitrogens with zero attached hydrogens (tertiary/aromatic N) is 3. The quantitative estimate of drug-likeness (QED) is 0.835. The molecule has 1 aromatic heterocycles. The molecule has 1 saturated heterocycles. The number of hydrogen-bond donors (Lipinski definition) is 2. The van der Waals surface area contributed by atoms with Crippen LogP contribution in [0.3, 0.4) is 0 Å². The molecule has 1 aliphatic rings. The number of anilines is 2. The maximum absolute atomic E-state index is 11.7. The van der Waals surface area contributed by atoms with Gasteiger partial charge in [0.05, 0.1) is 11.0 Å². The van der Waals surface area contributed by atoms with Gasteiger partial charge in [-0.1, -0.05) is 0 Å².